The summed E-state index contributed by atoms with van der Waals surface area (Å²) in [5.41, 5.74) is -2.65. The molecular formula is C18H22ClF3S. The molecule has 0 spiro atoms. The van der Waals surface area contributed by atoms with Crippen LogP contribution in [0.1, 0.15) is 56.6 Å². The number of aryl methyl sites for hydroxylation is 1. The van der Waals surface area contributed by atoms with Gasteiger partial charge in [-0.2, -0.15) is 13.2 Å². The van der Waals surface area contributed by atoms with Gasteiger partial charge in [0.15, 0.2) is 0 Å². The van der Waals surface area contributed by atoms with Crippen molar-refractivity contribution in [2.75, 3.05) is 0 Å². The Hall–Kier alpha value is -0.610. The van der Waals surface area contributed by atoms with Gasteiger partial charge in [-0.05, 0) is 73.3 Å². The first-order valence-corrected chi connectivity index (χ1v) is 10.8. The lowest BCUT2D eigenvalue weighted by molar-refractivity contribution is -0.0361. The van der Waals surface area contributed by atoms with Crippen LogP contribution in [0, 0.1) is 5.92 Å². The van der Waals surface area contributed by atoms with Gasteiger partial charge in [-0.25, -0.2) is 0 Å². The van der Waals surface area contributed by atoms with Crippen molar-refractivity contribution >= 4 is 26.0 Å². The minimum atomic E-state index is -4.40. The molecule has 3 rings (SSSR count). The Balaban J connectivity index is 2.09. The van der Waals surface area contributed by atoms with Gasteiger partial charge < -0.3 is 0 Å². The lowest BCUT2D eigenvalue weighted by atomic mass is 9.98. The summed E-state index contributed by atoms with van der Waals surface area (Å²) >= 11 is 0. The number of rotatable bonds is 2. The number of allylic oxidation sites excluding steroid dienone is 1. The van der Waals surface area contributed by atoms with Crippen LogP contribution in [0.3, 0.4) is 0 Å². The molecule has 0 N–H and O–H groups in total. The predicted octanol–water partition coefficient (Wildman–Crippen LogP) is 7.41. The van der Waals surface area contributed by atoms with Gasteiger partial charge >= 0.3 is 5.51 Å². The molecule has 0 nitrogen and oxygen atoms in total. The lowest BCUT2D eigenvalue weighted by Crippen LogP contribution is -2.19. The van der Waals surface area contributed by atoms with Gasteiger partial charge in [-0.3, -0.25) is 0 Å². The van der Waals surface area contributed by atoms with Crippen molar-refractivity contribution in [3.8, 4) is 0 Å². The minimum Gasteiger partial charge on any atom is -0.160 e. The molecule has 0 amide bonds. The van der Waals surface area contributed by atoms with Gasteiger partial charge in [0.1, 0.15) is 0 Å². The molecule has 1 atom stereocenters. The number of alkyl halides is 3. The highest BCUT2D eigenvalue weighted by Gasteiger charge is 2.57. The third-order valence-electron chi connectivity index (χ3n) is 4.98. The smallest absolute Gasteiger partial charge is 0.160 e. The van der Waals surface area contributed by atoms with Crippen LogP contribution >= 0.6 is 19.9 Å². The SMILES string of the molecule is CCc1ccc2c(c1)C=C(C1CCCCCC1)S2(Cl)C(F)(F)F. The van der Waals surface area contributed by atoms with E-state index in [-0.39, 0.29) is 5.92 Å². The van der Waals surface area contributed by atoms with Crippen molar-refractivity contribution in [3.05, 3.63) is 34.2 Å². The number of benzene rings is 1. The summed E-state index contributed by atoms with van der Waals surface area (Å²) < 4.78 is 41.9. The number of halogens is 4. The molecule has 1 fully saturated rings. The molecule has 1 saturated carbocycles. The van der Waals surface area contributed by atoms with Crippen LogP contribution in [-0.4, -0.2) is 5.51 Å². The topological polar surface area (TPSA) is 0 Å². The fraction of sp³-hybridized carbons (Fsp3) is 0.556. The summed E-state index contributed by atoms with van der Waals surface area (Å²) in [5, 5.41) is 0. The van der Waals surface area contributed by atoms with Crippen molar-refractivity contribution in [1.82, 2.24) is 0 Å². The van der Waals surface area contributed by atoms with Crippen molar-refractivity contribution in [1.29, 1.82) is 0 Å². The molecule has 1 aromatic rings. The highest BCUT2D eigenvalue weighted by Crippen LogP contribution is 2.81. The molecular weight excluding hydrogens is 341 g/mol. The Morgan fingerprint density at radius 1 is 1.13 bits per heavy atom. The zero-order valence-electron chi connectivity index (χ0n) is 13.3. The Bertz CT molecular complexity index is 615. The standard InChI is InChI=1S/C18H22ClF3S/c1-2-13-9-10-16-15(11-13)12-17(23(16,19)18(20,21)22)14-7-5-3-4-6-8-14/h9-12,14H,2-8H2,1H3. The third kappa shape index (κ3) is 2.93. The van der Waals surface area contributed by atoms with E-state index in [2.05, 4.69) is 0 Å². The summed E-state index contributed by atoms with van der Waals surface area (Å²) in [4.78, 5) is 0.750. The van der Waals surface area contributed by atoms with Crippen LogP contribution in [0.4, 0.5) is 13.2 Å². The van der Waals surface area contributed by atoms with E-state index < -0.39 is 14.7 Å². The summed E-state index contributed by atoms with van der Waals surface area (Å²) in [6.45, 7) is 2.01. The van der Waals surface area contributed by atoms with E-state index in [1.807, 2.05) is 13.0 Å². The van der Waals surface area contributed by atoms with Gasteiger partial charge in [0, 0.05) is 4.90 Å². The molecule has 1 aliphatic heterocycles. The van der Waals surface area contributed by atoms with Crippen LogP contribution in [0.15, 0.2) is 28.0 Å². The molecule has 2 aliphatic rings. The van der Waals surface area contributed by atoms with Crippen LogP contribution in [0.2, 0.25) is 0 Å². The van der Waals surface area contributed by atoms with Crippen LogP contribution < -0.4 is 0 Å². The second-order valence-corrected chi connectivity index (χ2v) is 10.3. The Morgan fingerprint density at radius 3 is 2.35 bits per heavy atom. The average Bonchev–Trinajstić information content (AvgIpc) is 2.69. The first kappa shape index (κ1) is 17.2. The number of hydrogen-bond donors (Lipinski definition) is 0. The van der Waals surface area contributed by atoms with E-state index in [4.69, 9.17) is 10.7 Å². The monoisotopic (exact) mass is 362 g/mol. The molecule has 5 heteroatoms. The summed E-state index contributed by atoms with van der Waals surface area (Å²) in [6.07, 6.45) is 8.49. The van der Waals surface area contributed by atoms with E-state index in [1.165, 1.54) is 0 Å². The highest BCUT2D eigenvalue weighted by atomic mass is 35.7. The van der Waals surface area contributed by atoms with Gasteiger partial charge in [-0.15, -0.1) is 0 Å². The molecule has 128 valence electrons. The first-order chi connectivity index (χ1) is 10.9. The Morgan fingerprint density at radius 2 is 1.78 bits per heavy atom. The molecule has 0 saturated heterocycles. The molecule has 1 unspecified atom stereocenters. The summed E-state index contributed by atoms with van der Waals surface area (Å²) in [6, 6.07) is 5.29. The second-order valence-electron chi connectivity index (χ2n) is 6.44. The maximum Gasteiger partial charge on any atom is 0.445 e. The Kier molecular flexibility index (Phi) is 4.76. The van der Waals surface area contributed by atoms with Crippen molar-refractivity contribution < 1.29 is 13.2 Å². The van der Waals surface area contributed by atoms with E-state index in [0.717, 1.165) is 50.5 Å². The highest BCUT2D eigenvalue weighted by molar-refractivity contribution is 8.54. The Labute approximate surface area is 141 Å². The zero-order chi connectivity index (χ0) is 16.7. The van der Waals surface area contributed by atoms with Gasteiger partial charge in [0.05, 0.1) is 0 Å². The molecule has 1 aliphatic carbocycles. The molecule has 23 heavy (non-hydrogen) atoms. The molecule has 1 aromatic carbocycles. The van der Waals surface area contributed by atoms with E-state index >= 15 is 0 Å². The second kappa shape index (κ2) is 6.36. The van der Waals surface area contributed by atoms with E-state index in [1.54, 1.807) is 18.2 Å². The maximum absolute atomic E-state index is 14.0. The molecule has 0 radical (unpaired) electrons. The minimum absolute atomic E-state index is 0.0240. The van der Waals surface area contributed by atoms with Crippen LogP contribution in [-0.2, 0) is 6.42 Å². The van der Waals surface area contributed by atoms with Crippen LogP contribution in [0.25, 0.3) is 6.08 Å². The fourth-order valence-electron chi connectivity index (χ4n) is 3.72. The number of fused-ring (bicyclic) bond motifs is 1. The maximum atomic E-state index is 14.0. The quantitative estimate of drug-likeness (QED) is 0.480. The average molecular weight is 363 g/mol. The lowest BCUT2D eigenvalue weighted by Gasteiger charge is -2.37. The van der Waals surface area contributed by atoms with Crippen molar-refractivity contribution in [3.63, 3.8) is 0 Å². The fourth-order valence-corrected chi connectivity index (χ4v) is 7.10. The molecule has 0 aromatic heterocycles. The zero-order valence-corrected chi connectivity index (χ0v) is 14.8. The summed E-state index contributed by atoms with van der Waals surface area (Å²) in [5.74, 6) is -0.0240. The first-order valence-electron chi connectivity index (χ1n) is 8.31. The van der Waals surface area contributed by atoms with Crippen molar-refractivity contribution in [2.45, 2.75) is 62.3 Å². The van der Waals surface area contributed by atoms with E-state index in [0.29, 0.717) is 15.4 Å². The largest absolute Gasteiger partial charge is 0.445 e. The van der Waals surface area contributed by atoms with Crippen LogP contribution in [0.5, 0.6) is 0 Å². The number of hydrogen-bond acceptors (Lipinski definition) is 0. The predicted molar refractivity (Wildman–Crippen MR) is 92.8 cm³/mol. The van der Waals surface area contributed by atoms with Gasteiger partial charge in [0.2, 0.25) is 0 Å². The third-order valence-corrected chi connectivity index (χ3v) is 9.26. The normalized spacial score (nSPS) is 28.7. The van der Waals surface area contributed by atoms with E-state index in [9.17, 15) is 13.2 Å². The molecule has 1 heterocycles. The van der Waals surface area contributed by atoms with Gasteiger partial charge in [0.25, 0.3) is 0 Å². The van der Waals surface area contributed by atoms with Crippen molar-refractivity contribution in [2.24, 2.45) is 5.92 Å². The van der Waals surface area contributed by atoms with Gasteiger partial charge in [-0.1, -0.05) is 44.7 Å². The molecule has 0 bridgehead atoms. The summed E-state index contributed by atoms with van der Waals surface area (Å²) in [7, 11) is 2.99.